The molecule has 2 aromatic rings. The Balaban J connectivity index is 1.93. The molecule has 5 heteroatoms. The van der Waals surface area contributed by atoms with Crippen molar-refractivity contribution < 1.29 is 14.3 Å². The number of ether oxygens (including phenoxy) is 2. The minimum absolute atomic E-state index is 0.178. The molecule has 0 aromatic heterocycles. The average Bonchev–Trinajstić information content (AvgIpc) is 2.54. The Kier molecular flexibility index (Phi) is 4.41. The third-order valence-electron chi connectivity index (χ3n) is 4.10. The molecule has 2 aromatic carbocycles. The molecule has 3 rings (SSSR count). The number of hydrogen-bond acceptors (Lipinski definition) is 3. The van der Waals surface area contributed by atoms with E-state index in [1.165, 1.54) is 0 Å². The molecule has 1 amide bonds. The lowest BCUT2D eigenvalue weighted by atomic mass is 9.89. The minimum Gasteiger partial charge on any atom is -0.497 e. The predicted octanol–water partition coefficient (Wildman–Crippen LogP) is 4.38. The normalized spacial score (nSPS) is 18.2. The summed E-state index contributed by atoms with van der Waals surface area (Å²) in [4.78, 5) is 12.6. The molecule has 1 heterocycles. The lowest BCUT2D eigenvalue weighted by Crippen LogP contribution is -2.41. The molecule has 1 aliphatic rings. The van der Waals surface area contributed by atoms with Crippen LogP contribution in [0.1, 0.15) is 42.2 Å². The van der Waals surface area contributed by atoms with Crippen LogP contribution in [-0.4, -0.2) is 18.6 Å². The number of carbonyl (C=O) groups excluding carboxylic acids is 1. The second kappa shape index (κ2) is 6.36. The van der Waals surface area contributed by atoms with Crippen LogP contribution < -0.4 is 14.8 Å². The Morgan fingerprint density at radius 3 is 2.75 bits per heavy atom. The van der Waals surface area contributed by atoms with Crippen molar-refractivity contribution in [3.8, 4) is 11.5 Å². The van der Waals surface area contributed by atoms with E-state index in [4.69, 9.17) is 21.1 Å². The number of carbonyl (C=O) groups is 1. The van der Waals surface area contributed by atoms with Gasteiger partial charge < -0.3 is 14.8 Å². The molecule has 0 radical (unpaired) electrons. The van der Waals surface area contributed by atoms with E-state index < -0.39 is 0 Å². The van der Waals surface area contributed by atoms with Crippen molar-refractivity contribution in [3.05, 3.63) is 58.6 Å². The number of fused-ring (bicyclic) bond motifs is 1. The lowest BCUT2D eigenvalue weighted by molar-refractivity contribution is 0.0618. The van der Waals surface area contributed by atoms with Crippen LogP contribution in [0.3, 0.4) is 0 Å². The van der Waals surface area contributed by atoms with E-state index in [9.17, 15) is 4.79 Å². The molecule has 0 bridgehead atoms. The van der Waals surface area contributed by atoms with E-state index in [2.05, 4.69) is 5.32 Å². The van der Waals surface area contributed by atoms with E-state index >= 15 is 0 Å². The quantitative estimate of drug-likeness (QED) is 0.898. The number of halogens is 1. The molecular formula is C19H20ClNO3. The summed E-state index contributed by atoms with van der Waals surface area (Å²) in [5.41, 5.74) is 1.00. The van der Waals surface area contributed by atoms with E-state index in [-0.39, 0.29) is 17.6 Å². The Morgan fingerprint density at radius 2 is 2.04 bits per heavy atom. The van der Waals surface area contributed by atoms with Gasteiger partial charge in [0.1, 0.15) is 17.1 Å². The fourth-order valence-electron chi connectivity index (χ4n) is 2.97. The summed E-state index contributed by atoms with van der Waals surface area (Å²) in [6, 6.07) is 12.5. The van der Waals surface area contributed by atoms with E-state index in [0.29, 0.717) is 17.0 Å². The first-order valence-electron chi connectivity index (χ1n) is 7.82. The number of rotatable bonds is 3. The van der Waals surface area contributed by atoms with Crippen molar-refractivity contribution in [1.29, 1.82) is 0 Å². The molecule has 24 heavy (non-hydrogen) atoms. The molecular weight excluding hydrogens is 326 g/mol. The van der Waals surface area contributed by atoms with Gasteiger partial charge in [-0.15, -0.1) is 0 Å². The van der Waals surface area contributed by atoms with Gasteiger partial charge in [0.2, 0.25) is 0 Å². The molecule has 1 N–H and O–H groups in total. The Hall–Kier alpha value is -2.20. The van der Waals surface area contributed by atoms with Crippen LogP contribution >= 0.6 is 11.6 Å². The zero-order valence-electron chi connectivity index (χ0n) is 13.9. The van der Waals surface area contributed by atoms with Crippen LogP contribution in [0.4, 0.5) is 0 Å². The highest BCUT2D eigenvalue weighted by Crippen LogP contribution is 2.41. The van der Waals surface area contributed by atoms with E-state index in [1.54, 1.807) is 31.4 Å². The molecule has 4 nitrogen and oxygen atoms in total. The number of amides is 1. The molecule has 0 fully saturated rings. The monoisotopic (exact) mass is 345 g/mol. The first-order chi connectivity index (χ1) is 11.4. The fourth-order valence-corrected chi connectivity index (χ4v) is 3.19. The van der Waals surface area contributed by atoms with Crippen molar-refractivity contribution in [3.63, 3.8) is 0 Å². The van der Waals surface area contributed by atoms with E-state index in [0.717, 1.165) is 17.1 Å². The van der Waals surface area contributed by atoms with Gasteiger partial charge in [-0.3, -0.25) is 4.79 Å². The lowest BCUT2D eigenvalue weighted by Gasteiger charge is -2.38. The second-order valence-corrected chi connectivity index (χ2v) is 6.88. The maximum atomic E-state index is 12.6. The molecule has 0 spiro atoms. The van der Waals surface area contributed by atoms with Crippen LogP contribution in [-0.2, 0) is 0 Å². The molecule has 1 aliphatic heterocycles. The smallest absolute Gasteiger partial charge is 0.253 e. The Labute approximate surface area is 146 Å². The summed E-state index contributed by atoms with van der Waals surface area (Å²) < 4.78 is 11.3. The number of nitrogens with one attached hydrogen (secondary N) is 1. The van der Waals surface area contributed by atoms with Gasteiger partial charge in [0, 0.05) is 12.0 Å². The fraction of sp³-hybridized carbons (Fsp3) is 0.316. The van der Waals surface area contributed by atoms with Crippen molar-refractivity contribution in [2.45, 2.75) is 31.9 Å². The van der Waals surface area contributed by atoms with Crippen molar-refractivity contribution in [1.82, 2.24) is 5.32 Å². The number of methoxy groups -OCH3 is 1. The molecule has 0 saturated heterocycles. The Morgan fingerprint density at radius 1 is 1.29 bits per heavy atom. The van der Waals surface area contributed by atoms with Crippen molar-refractivity contribution in [2.24, 2.45) is 0 Å². The minimum atomic E-state index is -0.375. The molecule has 0 saturated carbocycles. The largest absolute Gasteiger partial charge is 0.497 e. The molecule has 126 valence electrons. The topological polar surface area (TPSA) is 47.6 Å². The van der Waals surface area contributed by atoms with Crippen LogP contribution in [0.5, 0.6) is 11.5 Å². The van der Waals surface area contributed by atoms with Gasteiger partial charge in [0.05, 0.1) is 23.7 Å². The maximum absolute atomic E-state index is 12.6. The summed E-state index contributed by atoms with van der Waals surface area (Å²) in [6.45, 7) is 4.02. The summed E-state index contributed by atoms with van der Waals surface area (Å²) in [6.07, 6.45) is 0.656. The summed E-state index contributed by atoms with van der Waals surface area (Å²) >= 11 is 6.14. The van der Waals surface area contributed by atoms with Gasteiger partial charge in [-0.2, -0.15) is 0 Å². The Bertz CT molecular complexity index is 773. The SMILES string of the molecule is COc1ccc2c(c1)[C@H](NC(=O)c1ccccc1Cl)CC(C)(C)O2. The van der Waals surface area contributed by atoms with Crippen LogP contribution in [0.15, 0.2) is 42.5 Å². The summed E-state index contributed by atoms with van der Waals surface area (Å²) in [7, 11) is 1.62. The van der Waals surface area contributed by atoms with E-state index in [1.807, 2.05) is 32.0 Å². The third kappa shape index (κ3) is 3.34. The van der Waals surface area contributed by atoms with Gasteiger partial charge in [-0.25, -0.2) is 0 Å². The van der Waals surface area contributed by atoms with Crippen LogP contribution in [0, 0.1) is 0 Å². The highest BCUT2D eigenvalue weighted by molar-refractivity contribution is 6.33. The summed E-state index contributed by atoms with van der Waals surface area (Å²) in [5.74, 6) is 1.29. The first kappa shape index (κ1) is 16.7. The first-order valence-corrected chi connectivity index (χ1v) is 8.20. The van der Waals surface area contributed by atoms with Crippen LogP contribution in [0.2, 0.25) is 5.02 Å². The molecule has 0 unspecified atom stereocenters. The van der Waals surface area contributed by atoms with Crippen molar-refractivity contribution >= 4 is 17.5 Å². The predicted molar refractivity (Wildman–Crippen MR) is 94.0 cm³/mol. The van der Waals surface area contributed by atoms with Gasteiger partial charge in [-0.05, 0) is 44.2 Å². The number of hydrogen-bond donors (Lipinski definition) is 1. The summed E-state index contributed by atoms with van der Waals surface area (Å²) in [5, 5.41) is 3.52. The van der Waals surface area contributed by atoms with Crippen molar-refractivity contribution in [2.75, 3.05) is 7.11 Å². The van der Waals surface area contributed by atoms with Gasteiger partial charge >= 0.3 is 0 Å². The van der Waals surface area contributed by atoms with Crippen LogP contribution in [0.25, 0.3) is 0 Å². The zero-order chi connectivity index (χ0) is 17.3. The molecule has 0 aliphatic carbocycles. The molecule has 1 atom stereocenters. The standard InChI is InChI=1S/C19H20ClNO3/c1-19(2)11-16(14-10-12(23-3)8-9-17(14)24-19)21-18(22)13-6-4-5-7-15(13)20/h4-10,16H,11H2,1-3H3,(H,21,22)/t16-/m1/s1. The highest BCUT2D eigenvalue weighted by Gasteiger charge is 2.35. The van der Waals surface area contributed by atoms with Gasteiger partial charge in [0.15, 0.2) is 0 Å². The van der Waals surface area contributed by atoms with Gasteiger partial charge in [-0.1, -0.05) is 23.7 Å². The number of benzene rings is 2. The zero-order valence-corrected chi connectivity index (χ0v) is 14.7. The highest BCUT2D eigenvalue weighted by atomic mass is 35.5. The average molecular weight is 346 g/mol. The maximum Gasteiger partial charge on any atom is 0.253 e. The van der Waals surface area contributed by atoms with Gasteiger partial charge in [0.25, 0.3) is 5.91 Å². The third-order valence-corrected chi connectivity index (χ3v) is 4.43. The second-order valence-electron chi connectivity index (χ2n) is 6.48.